The summed E-state index contributed by atoms with van der Waals surface area (Å²) in [7, 11) is 0. The highest BCUT2D eigenvalue weighted by molar-refractivity contribution is 5.27. The first-order valence-corrected chi connectivity index (χ1v) is 21.6. The van der Waals surface area contributed by atoms with Gasteiger partial charge in [0, 0.05) is 0 Å². The van der Waals surface area contributed by atoms with Crippen LogP contribution in [-0.4, -0.2) is 86.2 Å². The molecule has 0 amide bonds. The molecule has 4 heterocycles. The molecule has 0 saturated carbocycles. The topological polar surface area (TPSA) is 102 Å². The van der Waals surface area contributed by atoms with E-state index in [0.717, 1.165) is 22.3 Å². The Hall–Kier alpha value is -3.56. The monoisotopic (exact) mass is 838 g/mol. The van der Waals surface area contributed by atoms with Crippen LogP contribution in [0.2, 0.25) is 0 Å². The summed E-state index contributed by atoms with van der Waals surface area (Å²) >= 11 is 0. The first-order chi connectivity index (χ1) is 29.3. The van der Waals surface area contributed by atoms with Crippen molar-refractivity contribution in [1.29, 1.82) is 0 Å². The van der Waals surface area contributed by atoms with Crippen LogP contribution in [-0.2, 0) is 83.9 Å². The zero-order chi connectivity index (χ0) is 42.6. The molecule has 61 heavy (non-hydrogen) atoms. The molecule has 10 atom stereocenters. The Morgan fingerprint density at radius 1 is 0.459 bits per heavy atom. The molecule has 0 aliphatic carbocycles. The molecule has 11 heteroatoms. The quantitative estimate of drug-likeness (QED) is 0.109. The van der Waals surface area contributed by atoms with Gasteiger partial charge in [-0.2, -0.15) is 0 Å². The Bertz CT molecular complexity index is 1950. The van der Waals surface area contributed by atoms with Gasteiger partial charge in [0.25, 0.3) is 0 Å². The molecule has 0 radical (unpaired) electrons. The van der Waals surface area contributed by atoms with Gasteiger partial charge in [0.2, 0.25) is 0 Å². The average Bonchev–Trinajstić information content (AvgIpc) is 3.75. The third kappa shape index (κ3) is 11.2. The summed E-state index contributed by atoms with van der Waals surface area (Å²) in [5.41, 5.74) is 5.35. The summed E-state index contributed by atoms with van der Waals surface area (Å²) in [6, 6.07) is 38.8. The predicted octanol–water partition coefficient (Wildman–Crippen LogP) is 8.39. The maximum Gasteiger partial charge on any atom is 0.190 e. The molecule has 4 saturated heterocycles. The number of fused-ring (bicyclic) bond motifs is 3. The fourth-order valence-electron chi connectivity index (χ4n) is 8.43. The smallest absolute Gasteiger partial charge is 0.190 e. The van der Waals surface area contributed by atoms with E-state index >= 15 is 0 Å². The molecule has 4 aromatic carbocycles. The summed E-state index contributed by atoms with van der Waals surface area (Å²) in [4.78, 5) is 0. The minimum absolute atomic E-state index is 0.0156. The standard InChI is InChI=1S/C50H62O11/c1-48(2,3)37-25-23-36(24-26-37)30-54-44-42(53-29-35-21-15-10-16-22-35)40(52-28-34-19-13-9-14-20-34)38(31-51-27-33-17-11-8-12-18-33)56-46(44)55-32-39-41-43(59-49(4,5)58-41)45-47(57-39)61-50(6,7)60-45/h8-26,38-47H,27-32H2,1-7H3/t38?,39?,40-,41+,42?,43?,44?,45?,46-,47-/m1/s1. The minimum Gasteiger partial charge on any atom is -0.374 e. The Kier molecular flexibility index (Phi) is 13.8. The van der Waals surface area contributed by atoms with E-state index in [2.05, 4.69) is 45.0 Å². The summed E-state index contributed by atoms with van der Waals surface area (Å²) in [6.07, 6.45) is -6.18. The van der Waals surface area contributed by atoms with Crippen molar-refractivity contribution in [2.24, 2.45) is 0 Å². The fourth-order valence-corrected chi connectivity index (χ4v) is 8.43. The van der Waals surface area contributed by atoms with Crippen LogP contribution in [0.3, 0.4) is 0 Å². The lowest BCUT2D eigenvalue weighted by molar-refractivity contribution is -0.337. The van der Waals surface area contributed by atoms with E-state index in [-0.39, 0.29) is 25.2 Å². The third-order valence-corrected chi connectivity index (χ3v) is 11.5. The molecular formula is C50H62O11. The van der Waals surface area contributed by atoms with Crippen molar-refractivity contribution in [2.75, 3.05) is 13.2 Å². The van der Waals surface area contributed by atoms with Gasteiger partial charge in [0.1, 0.15) is 48.8 Å². The van der Waals surface area contributed by atoms with Crippen LogP contribution < -0.4 is 0 Å². The molecule has 11 nitrogen and oxygen atoms in total. The lowest BCUT2D eigenvalue weighted by atomic mass is 9.87. The molecule has 6 unspecified atom stereocenters. The van der Waals surface area contributed by atoms with Crippen molar-refractivity contribution in [3.05, 3.63) is 143 Å². The van der Waals surface area contributed by atoms with Gasteiger partial charge in [-0.25, -0.2) is 0 Å². The van der Waals surface area contributed by atoms with Gasteiger partial charge in [0.05, 0.1) is 39.6 Å². The Labute approximate surface area is 360 Å². The number of rotatable bonds is 16. The van der Waals surface area contributed by atoms with Crippen LogP contribution in [0, 0.1) is 0 Å². The predicted molar refractivity (Wildman–Crippen MR) is 227 cm³/mol. The largest absolute Gasteiger partial charge is 0.374 e. The second-order valence-corrected chi connectivity index (χ2v) is 18.3. The number of hydrogen-bond donors (Lipinski definition) is 0. The number of ether oxygens (including phenoxy) is 11. The maximum absolute atomic E-state index is 6.97. The second kappa shape index (κ2) is 19.0. The van der Waals surface area contributed by atoms with E-state index in [4.69, 9.17) is 52.1 Å². The van der Waals surface area contributed by atoms with Gasteiger partial charge < -0.3 is 52.1 Å². The third-order valence-electron chi connectivity index (χ3n) is 11.5. The van der Waals surface area contributed by atoms with E-state index in [1.54, 1.807) is 0 Å². The Balaban J connectivity index is 1.10. The normalized spacial score (nSPS) is 30.5. The minimum atomic E-state index is -0.927. The molecule has 0 N–H and O–H groups in total. The van der Waals surface area contributed by atoms with Gasteiger partial charge in [0.15, 0.2) is 24.2 Å². The number of benzene rings is 4. The van der Waals surface area contributed by atoms with Crippen LogP contribution in [0.5, 0.6) is 0 Å². The molecular weight excluding hydrogens is 777 g/mol. The summed E-state index contributed by atoms with van der Waals surface area (Å²) in [5, 5.41) is 0. The van der Waals surface area contributed by atoms with Crippen molar-refractivity contribution in [3.8, 4) is 0 Å². The average molecular weight is 839 g/mol. The van der Waals surface area contributed by atoms with Crippen LogP contribution in [0.25, 0.3) is 0 Å². The summed E-state index contributed by atoms with van der Waals surface area (Å²) in [5.74, 6) is -1.72. The maximum atomic E-state index is 6.97. The molecule has 4 aromatic rings. The first kappa shape index (κ1) is 44.1. The van der Waals surface area contributed by atoms with Crippen LogP contribution >= 0.6 is 0 Å². The molecule has 4 fully saturated rings. The second-order valence-electron chi connectivity index (χ2n) is 18.3. The van der Waals surface area contributed by atoms with Gasteiger partial charge in [-0.05, 0) is 60.9 Å². The van der Waals surface area contributed by atoms with Crippen LogP contribution in [0.1, 0.15) is 76.3 Å². The van der Waals surface area contributed by atoms with Crippen molar-refractivity contribution in [3.63, 3.8) is 0 Å². The zero-order valence-corrected chi connectivity index (χ0v) is 36.5. The molecule has 0 spiro atoms. The highest BCUT2D eigenvalue weighted by atomic mass is 16.9. The van der Waals surface area contributed by atoms with E-state index in [1.807, 2.05) is 119 Å². The van der Waals surface area contributed by atoms with Gasteiger partial charge in [-0.1, -0.05) is 136 Å². The number of hydrogen-bond acceptors (Lipinski definition) is 11. The van der Waals surface area contributed by atoms with Crippen LogP contribution in [0.15, 0.2) is 115 Å². The molecule has 0 aromatic heterocycles. The van der Waals surface area contributed by atoms with Gasteiger partial charge in [-0.3, -0.25) is 0 Å². The first-order valence-electron chi connectivity index (χ1n) is 21.6. The molecule has 4 aliphatic heterocycles. The van der Waals surface area contributed by atoms with E-state index < -0.39 is 73.0 Å². The fraction of sp³-hybridized carbons (Fsp3) is 0.520. The van der Waals surface area contributed by atoms with Crippen LogP contribution in [0.4, 0.5) is 0 Å². The highest BCUT2D eigenvalue weighted by Crippen LogP contribution is 2.44. The van der Waals surface area contributed by atoms with E-state index in [0.29, 0.717) is 19.8 Å². The summed E-state index contributed by atoms with van der Waals surface area (Å²) in [6.45, 7) is 15.8. The Morgan fingerprint density at radius 2 is 0.951 bits per heavy atom. The zero-order valence-electron chi connectivity index (χ0n) is 36.5. The SMILES string of the molecule is CC1(C)OC2C3OC(C)(C)O[C@H]3C(CO[C@@H]3OC(COCc4ccccc4)[C@@H](OCc4ccccc4)C(OCc4ccccc4)C3OCc3ccc(C(C)(C)C)cc3)O[C@@H]2O1. The van der Waals surface area contributed by atoms with Gasteiger partial charge >= 0.3 is 0 Å². The highest BCUT2D eigenvalue weighted by Gasteiger charge is 2.61. The lowest BCUT2D eigenvalue weighted by Gasteiger charge is -2.46. The Morgan fingerprint density at radius 3 is 1.54 bits per heavy atom. The van der Waals surface area contributed by atoms with E-state index in [1.165, 1.54) is 5.56 Å². The molecule has 328 valence electrons. The molecule has 8 rings (SSSR count). The molecule has 4 aliphatic rings. The molecule has 0 bridgehead atoms. The van der Waals surface area contributed by atoms with Crippen molar-refractivity contribution >= 4 is 0 Å². The van der Waals surface area contributed by atoms with Crippen molar-refractivity contribution < 1.29 is 52.1 Å². The summed E-state index contributed by atoms with van der Waals surface area (Å²) < 4.78 is 72.9. The van der Waals surface area contributed by atoms with Crippen molar-refractivity contribution in [2.45, 2.75) is 153 Å². The van der Waals surface area contributed by atoms with Crippen molar-refractivity contribution in [1.82, 2.24) is 0 Å². The van der Waals surface area contributed by atoms with Gasteiger partial charge in [-0.15, -0.1) is 0 Å². The lowest BCUT2D eigenvalue weighted by Crippen LogP contribution is -2.62. The van der Waals surface area contributed by atoms with E-state index in [9.17, 15) is 0 Å².